The van der Waals surface area contributed by atoms with Gasteiger partial charge in [-0.25, -0.2) is 0 Å². The summed E-state index contributed by atoms with van der Waals surface area (Å²) in [5.41, 5.74) is 7.14. The standard InChI is InChI=1S/C11H15BrN2O2/c1-7-8(12)4-3-5-9(7)14-11(15)10(6-13)16-2/h3-5,10H,6,13H2,1-2H3,(H,14,15). The highest BCUT2D eigenvalue weighted by Crippen LogP contribution is 2.23. The summed E-state index contributed by atoms with van der Waals surface area (Å²) >= 11 is 3.40. The van der Waals surface area contributed by atoms with Crippen molar-refractivity contribution in [2.45, 2.75) is 13.0 Å². The molecular weight excluding hydrogens is 272 g/mol. The zero-order valence-corrected chi connectivity index (χ0v) is 10.9. The Kier molecular flexibility index (Phi) is 4.92. The van der Waals surface area contributed by atoms with Gasteiger partial charge in [0.15, 0.2) is 0 Å². The molecule has 5 heteroatoms. The molecule has 1 aromatic carbocycles. The van der Waals surface area contributed by atoms with Crippen LogP contribution >= 0.6 is 15.9 Å². The number of carbonyl (C=O) groups excluding carboxylic acids is 1. The van der Waals surface area contributed by atoms with Gasteiger partial charge in [0.25, 0.3) is 5.91 Å². The number of anilines is 1. The van der Waals surface area contributed by atoms with Crippen LogP contribution in [0, 0.1) is 6.92 Å². The van der Waals surface area contributed by atoms with E-state index in [1.807, 2.05) is 25.1 Å². The summed E-state index contributed by atoms with van der Waals surface area (Å²) in [4.78, 5) is 11.7. The fraction of sp³-hybridized carbons (Fsp3) is 0.364. The zero-order valence-electron chi connectivity index (χ0n) is 9.29. The molecule has 16 heavy (non-hydrogen) atoms. The third-order valence-corrected chi connectivity index (χ3v) is 3.18. The Morgan fingerprint density at radius 3 is 2.88 bits per heavy atom. The Morgan fingerprint density at radius 1 is 1.62 bits per heavy atom. The minimum absolute atomic E-state index is 0.162. The smallest absolute Gasteiger partial charge is 0.254 e. The monoisotopic (exact) mass is 286 g/mol. The number of rotatable bonds is 4. The number of nitrogens with one attached hydrogen (secondary N) is 1. The first-order chi connectivity index (χ1) is 7.60. The largest absolute Gasteiger partial charge is 0.370 e. The summed E-state index contributed by atoms with van der Waals surface area (Å²) < 4.78 is 5.91. The maximum Gasteiger partial charge on any atom is 0.254 e. The Morgan fingerprint density at radius 2 is 2.31 bits per heavy atom. The summed E-state index contributed by atoms with van der Waals surface area (Å²) in [5.74, 6) is -0.230. The number of ether oxygens (including phenoxy) is 1. The van der Waals surface area contributed by atoms with Gasteiger partial charge in [-0.05, 0) is 24.6 Å². The van der Waals surface area contributed by atoms with Gasteiger partial charge in [0, 0.05) is 23.8 Å². The number of hydrogen-bond acceptors (Lipinski definition) is 3. The minimum Gasteiger partial charge on any atom is -0.370 e. The van der Waals surface area contributed by atoms with E-state index in [9.17, 15) is 4.79 Å². The molecule has 0 radical (unpaired) electrons. The molecule has 0 fully saturated rings. The van der Waals surface area contributed by atoms with E-state index in [1.54, 1.807) is 0 Å². The van der Waals surface area contributed by atoms with Crippen molar-refractivity contribution in [1.82, 2.24) is 0 Å². The molecule has 1 amide bonds. The number of nitrogens with two attached hydrogens (primary N) is 1. The first kappa shape index (κ1) is 13.2. The van der Waals surface area contributed by atoms with Crippen molar-refractivity contribution in [2.75, 3.05) is 19.0 Å². The van der Waals surface area contributed by atoms with E-state index < -0.39 is 6.10 Å². The molecule has 0 saturated heterocycles. The molecule has 0 aromatic heterocycles. The second-order valence-electron chi connectivity index (χ2n) is 3.36. The lowest BCUT2D eigenvalue weighted by molar-refractivity contribution is -0.125. The van der Waals surface area contributed by atoms with Crippen molar-refractivity contribution in [3.63, 3.8) is 0 Å². The van der Waals surface area contributed by atoms with E-state index in [2.05, 4.69) is 21.2 Å². The minimum atomic E-state index is -0.613. The Bertz CT molecular complexity index is 378. The van der Waals surface area contributed by atoms with Crippen molar-refractivity contribution >= 4 is 27.5 Å². The molecule has 0 heterocycles. The Balaban J connectivity index is 2.80. The quantitative estimate of drug-likeness (QED) is 0.885. The summed E-state index contributed by atoms with van der Waals surface area (Å²) in [5, 5.41) is 2.78. The maximum absolute atomic E-state index is 11.7. The van der Waals surface area contributed by atoms with E-state index in [-0.39, 0.29) is 12.5 Å². The van der Waals surface area contributed by atoms with Crippen LogP contribution in [0.25, 0.3) is 0 Å². The van der Waals surface area contributed by atoms with Crippen LogP contribution in [-0.4, -0.2) is 25.7 Å². The molecule has 0 saturated carbocycles. The predicted octanol–water partition coefficient (Wildman–Crippen LogP) is 1.67. The number of methoxy groups -OCH3 is 1. The second-order valence-corrected chi connectivity index (χ2v) is 4.22. The van der Waals surface area contributed by atoms with Crippen LogP contribution in [0.2, 0.25) is 0 Å². The Hall–Kier alpha value is -0.910. The van der Waals surface area contributed by atoms with E-state index in [4.69, 9.17) is 10.5 Å². The van der Waals surface area contributed by atoms with Gasteiger partial charge in [-0.3, -0.25) is 4.79 Å². The van der Waals surface area contributed by atoms with E-state index in [0.717, 1.165) is 15.7 Å². The van der Waals surface area contributed by atoms with Crippen LogP contribution in [0.3, 0.4) is 0 Å². The molecule has 1 unspecified atom stereocenters. The summed E-state index contributed by atoms with van der Waals surface area (Å²) in [7, 11) is 1.46. The van der Waals surface area contributed by atoms with Gasteiger partial charge in [-0.1, -0.05) is 22.0 Å². The lowest BCUT2D eigenvalue weighted by Crippen LogP contribution is -2.36. The molecule has 0 aliphatic heterocycles. The van der Waals surface area contributed by atoms with Gasteiger partial charge >= 0.3 is 0 Å². The molecule has 3 N–H and O–H groups in total. The third kappa shape index (κ3) is 3.04. The van der Waals surface area contributed by atoms with Gasteiger partial charge in [-0.15, -0.1) is 0 Å². The number of benzene rings is 1. The Labute approximate surface area is 103 Å². The molecule has 0 spiro atoms. The molecule has 1 rings (SSSR count). The summed E-state index contributed by atoms with van der Waals surface area (Å²) in [6.45, 7) is 2.08. The highest BCUT2D eigenvalue weighted by Gasteiger charge is 2.16. The molecule has 0 aliphatic rings. The average Bonchev–Trinajstić information content (AvgIpc) is 2.26. The predicted molar refractivity (Wildman–Crippen MR) is 67.4 cm³/mol. The second kappa shape index (κ2) is 5.98. The van der Waals surface area contributed by atoms with Crippen LogP contribution in [0.5, 0.6) is 0 Å². The lowest BCUT2D eigenvalue weighted by atomic mass is 10.2. The van der Waals surface area contributed by atoms with Crippen molar-refractivity contribution in [3.05, 3.63) is 28.2 Å². The van der Waals surface area contributed by atoms with Crippen LogP contribution in [0.1, 0.15) is 5.56 Å². The van der Waals surface area contributed by atoms with Crippen LogP contribution in [0.15, 0.2) is 22.7 Å². The maximum atomic E-state index is 11.7. The van der Waals surface area contributed by atoms with Crippen LogP contribution in [-0.2, 0) is 9.53 Å². The highest BCUT2D eigenvalue weighted by atomic mass is 79.9. The van der Waals surface area contributed by atoms with Gasteiger partial charge in [0.05, 0.1) is 0 Å². The van der Waals surface area contributed by atoms with Crippen molar-refractivity contribution in [1.29, 1.82) is 0 Å². The average molecular weight is 287 g/mol. The van der Waals surface area contributed by atoms with Gasteiger partial charge < -0.3 is 15.8 Å². The number of halogens is 1. The molecule has 1 aromatic rings. The van der Waals surface area contributed by atoms with Crippen LogP contribution < -0.4 is 11.1 Å². The van der Waals surface area contributed by atoms with Gasteiger partial charge in [0.1, 0.15) is 6.10 Å². The highest BCUT2D eigenvalue weighted by molar-refractivity contribution is 9.10. The fourth-order valence-corrected chi connectivity index (χ4v) is 1.63. The van der Waals surface area contributed by atoms with Crippen molar-refractivity contribution in [2.24, 2.45) is 5.73 Å². The van der Waals surface area contributed by atoms with Crippen LogP contribution in [0.4, 0.5) is 5.69 Å². The zero-order chi connectivity index (χ0) is 12.1. The van der Waals surface area contributed by atoms with E-state index >= 15 is 0 Å². The summed E-state index contributed by atoms with van der Waals surface area (Å²) in [6.07, 6.45) is -0.613. The van der Waals surface area contributed by atoms with E-state index in [0.29, 0.717) is 0 Å². The van der Waals surface area contributed by atoms with Gasteiger partial charge in [-0.2, -0.15) is 0 Å². The normalized spacial score (nSPS) is 12.2. The fourth-order valence-electron chi connectivity index (χ4n) is 1.27. The molecule has 88 valence electrons. The molecule has 0 aliphatic carbocycles. The molecule has 1 atom stereocenters. The van der Waals surface area contributed by atoms with E-state index in [1.165, 1.54) is 7.11 Å². The van der Waals surface area contributed by atoms with Crippen molar-refractivity contribution in [3.8, 4) is 0 Å². The number of hydrogen-bond donors (Lipinski definition) is 2. The lowest BCUT2D eigenvalue weighted by Gasteiger charge is -2.14. The summed E-state index contributed by atoms with van der Waals surface area (Å²) in [6, 6.07) is 5.61. The molecular formula is C11H15BrN2O2. The molecule has 4 nitrogen and oxygen atoms in total. The topological polar surface area (TPSA) is 64.3 Å². The number of carbonyl (C=O) groups is 1. The van der Waals surface area contributed by atoms with Crippen molar-refractivity contribution < 1.29 is 9.53 Å². The third-order valence-electron chi connectivity index (χ3n) is 2.32. The SMILES string of the molecule is COC(CN)C(=O)Nc1cccc(Br)c1C. The first-order valence-corrected chi connectivity index (χ1v) is 5.68. The molecule has 0 bridgehead atoms. The number of amides is 1. The van der Waals surface area contributed by atoms with Gasteiger partial charge in [0.2, 0.25) is 0 Å². The first-order valence-electron chi connectivity index (χ1n) is 4.89.